The molecule has 0 saturated carbocycles. The third kappa shape index (κ3) is 2.85. The predicted molar refractivity (Wildman–Crippen MR) is 68.0 cm³/mol. The van der Waals surface area contributed by atoms with Gasteiger partial charge in [-0.05, 0) is 43.5 Å². The maximum absolute atomic E-state index is 5.89. The Kier molecular flexibility index (Phi) is 4.41. The first-order chi connectivity index (χ1) is 7.22. The number of rotatable bonds is 5. The van der Waals surface area contributed by atoms with Crippen molar-refractivity contribution in [2.75, 3.05) is 18.0 Å². The number of anilines is 1. The summed E-state index contributed by atoms with van der Waals surface area (Å²) in [4.78, 5) is 2.33. The lowest BCUT2D eigenvalue weighted by atomic mass is 10.1. The number of hydrogen-bond acceptors (Lipinski definition) is 1. The molecule has 0 fully saturated rings. The van der Waals surface area contributed by atoms with Crippen LogP contribution in [0.2, 0.25) is 0 Å². The molecule has 1 nitrogen and oxygen atoms in total. The number of hydrogen-bond donors (Lipinski definition) is 0. The lowest BCUT2D eigenvalue weighted by molar-refractivity contribution is 0.866. The average Bonchev–Trinajstić information content (AvgIpc) is 2.30. The van der Waals surface area contributed by atoms with Crippen molar-refractivity contribution in [2.45, 2.75) is 27.2 Å². The van der Waals surface area contributed by atoms with E-state index < -0.39 is 0 Å². The Bertz CT molecular complexity index is 307. The van der Waals surface area contributed by atoms with Gasteiger partial charge in [-0.25, -0.2) is 0 Å². The lowest BCUT2D eigenvalue weighted by Gasteiger charge is -2.21. The molecule has 1 aromatic rings. The summed E-state index contributed by atoms with van der Waals surface area (Å²) in [6.45, 7) is 14.4. The van der Waals surface area contributed by atoms with Crippen molar-refractivity contribution in [3.8, 4) is 0 Å². The van der Waals surface area contributed by atoms with Crippen molar-refractivity contribution in [2.24, 2.45) is 0 Å². The zero-order valence-corrected chi connectivity index (χ0v) is 9.96. The minimum atomic E-state index is 0.907. The first kappa shape index (κ1) is 11.8. The smallest absolute Gasteiger partial charge is 0.0366 e. The van der Waals surface area contributed by atoms with Crippen LogP contribution in [0.1, 0.15) is 32.8 Å². The Labute approximate surface area is 93.4 Å². The molecule has 0 aliphatic rings. The first-order valence-corrected chi connectivity index (χ1v) is 5.69. The van der Waals surface area contributed by atoms with E-state index in [0.29, 0.717) is 0 Å². The third-order valence-corrected chi connectivity index (χ3v) is 2.75. The van der Waals surface area contributed by atoms with Crippen LogP contribution in [0.4, 0.5) is 5.69 Å². The van der Waals surface area contributed by atoms with Crippen molar-refractivity contribution < 1.29 is 0 Å². The molecule has 0 unspecified atom stereocenters. The van der Waals surface area contributed by atoms with E-state index in [-0.39, 0.29) is 0 Å². The molecular formula is C14H20N. The van der Waals surface area contributed by atoms with Crippen LogP contribution in [0.15, 0.2) is 24.3 Å². The van der Waals surface area contributed by atoms with Crippen molar-refractivity contribution in [1.29, 1.82) is 0 Å². The summed E-state index contributed by atoms with van der Waals surface area (Å²) >= 11 is 0. The fraction of sp³-hybridized carbons (Fsp3) is 0.429. The highest BCUT2D eigenvalue weighted by molar-refractivity contribution is 5.64. The molecule has 0 saturated heterocycles. The molecule has 15 heavy (non-hydrogen) atoms. The largest absolute Gasteiger partial charge is 0.372 e. The SMILES string of the molecule is [CH]=C(CC)c1ccc(N(CC)CC)cc1. The van der Waals surface area contributed by atoms with Gasteiger partial charge in [0.1, 0.15) is 0 Å². The van der Waals surface area contributed by atoms with Gasteiger partial charge in [0.25, 0.3) is 0 Å². The van der Waals surface area contributed by atoms with Crippen molar-refractivity contribution in [3.63, 3.8) is 0 Å². The minimum absolute atomic E-state index is 0.907. The van der Waals surface area contributed by atoms with Gasteiger partial charge in [0.15, 0.2) is 0 Å². The molecule has 0 bridgehead atoms. The van der Waals surface area contributed by atoms with E-state index in [9.17, 15) is 0 Å². The van der Waals surface area contributed by atoms with E-state index in [0.717, 1.165) is 30.6 Å². The highest BCUT2D eigenvalue weighted by Gasteiger charge is 2.02. The molecule has 1 rings (SSSR count). The molecule has 0 aliphatic heterocycles. The second-order valence-corrected chi connectivity index (χ2v) is 3.60. The van der Waals surface area contributed by atoms with Gasteiger partial charge in [-0.2, -0.15) is 0 Å². The van der Waals surface area contributed by atoms with Crippen LogP contribution >= 0.6 is 0 Å². The van der Waals surface area contributed by atoms with E-state index in [1.807, 2.05) is 0 Å². The van der Waals surface area contributed by atoms with Crippen molar-refractivity contribution >= 4 is 11.3 Å². The highest BCUT2D eigenvalue weighted by atomic mass is 15.1. The van der Waals surface area contributed by atoms with E-state index >= 15 is 0 Å². The molecule has 0 heterocycles. The van der Waals surface area contributed by atoms with Gasteiger partial charge in [-0.1, -0.05) is 25.6 Å². The molecule has 1 heteroatoms. The molecule has 0 amide bonds. The summed E-state index contributed by atoms with van der Waals surface area (Å²) in [7, 11) is 0. The molecule has 81 valence electrons. The Hall–Kier alpha value is -1.24. The summed E-state index contributed by atoms with van der Waals surface area (Å²) in [5, 5.41) is 0. The fourth-order valence-corrected chi connectivity index (χ4v) is 1.68. The monoisotopic (exact) mass is 202 g/mol. The first-order valence-electron chi connectivity index (χ1n) is 5.69. The van der Waals surface area contributed by atoms with Gasteiger partial charge < -0.3 is 4.90 Å². The minimum Gasteiger partial charge on any atom is -0.372 e. The fourth-order valence-electron chi connectivity index (χ4n) is 1.68. The number of allylic oxidation sites excluding steroid dienone is 1. The molecule has 0 atom stereocenters. The second-order valence-electron chi connectivity index (χ2n) is 3.60. The normalized spacial score (nSPS) is 10.1. The summed E-state index contributed by atoms with van der Waals surface area (Å²) in [6.07, 6.45) is 0.907. The summed E-state index contributed by atoms with van der Waals surface area (Å²) in [6, 6.07) is 8.49. The molecule has 1 radical (unpaired) electrons. The maximum atomic E-state index is 5.89. The second kappa shape index (κ2) is 5.59. The van der Waals surface area contributed by atoms with Crippen molar-refractivity contribution in [3.05, 3.63) is 36.4 Å². The van der Waals surface area contributed by atoms with Gasteiger partial charge >= 0.3 is 0 Å². The predicted octanol–water partition coefficient (Wildman–Crippen LogP) is 3.76. The third-order valence-electron chi connectivity index (χ3n) is 2.75. The zero-order valence-electron chi connectivity index (χ0n) is 9.96. The Balaban J connectivity index is 2.84. The quantitative estimate of drug-likeness (QED) is 0.702. The van der Waals surface area contributed by atoms with Gasteiger partial charge in [-0.3, -0.25) is 0 Å². The Morgan fingerprint density at radius 2 is 1.60 bits per heavy atom. The number of nitrogens with zero attached hydrogens (tertiary/aromatic N) is 1. The van der Waals surface area contributed by atoms with E-state index in [1.165, 1.54) is 5.69 Å². The van der Waals surface area contributed by atoms with E-state index in [2.05, 4.69) is 49.9 Å². The summed E-state index contributed by atoms with van der Waals surface area (Å²) in [5.41, 5.74) is 3.38. The lowest BCUT2D eigenvalue weighted by Crippen LogP contribution is -2.21. The van der Waals surface area contributed by atoms with E-state index in [4.69, 9.17) is 6.58 Å². The van der Waals surface area contributed by atoms with Gasteiger partial charge in [0.05, 0.1) is 0 Å². The van der Waals surface area contributed by atoms with Gasteiger partial charge in [0.2, 0.25) is 0 Å². The van der Waals surface area contributed by atoms with Crippen LogP contribution in [0, 0.1) is 6.58 Å². The van der Waals surface area contributed by atoms with E-state index in [1.54, 1.807) is 0 Å². The topological polar surface area (TPSA) is 3.24 Å². The summed E-state index contributed by atoms with van der Waals surface area (Å²) < 4.78 is 0. The van der Waals surface area contributed by atoms with Crippen molar-refractivity contribution in [1.82, 2.24) is 0 Å². The Morgan fingerprint density at radius 1 is 1.07 bits per heavy atom. The molecule has 0 aliphatic carbocycles. The van der Waals surface area contributed by atoms with Crippen LogP contribution < -0.4 is 4.90 Å². The van der Waals surface area contributed by atoms with Gasteiger partial charge in [0, 0.05) is 18.8 Å². The van der Waals surface area contributed by atoms with Crippen LogP contribution in [0.25, 0.3) is 5.57 Å². The number of benzene rings is 1. The van der Waals surface area contributed by atoms with Gasteiger partial charge in [-0.15, -0.1) is 0 Å². The molecule has 1 aromatic carbocycles. The summed E-state index contributed by atoms with van der Waals surface area (Å²) in [5.74, 6) is 0. The van der Waals surface area contributed by atoms with Crippen LogP contribution in [-0.4, -0.2) is 13.1 Å². The molecule has 0 spiro atoms. The van der Waals surface area contributed by atoms with Crippen LogP contribution in [-0.2, 0) is 0 Å². The molecular weight excluding hydrogens is 182 g/mol. The van der Waals surface area contributed by atoms with Crippen LogP contribution in [0.5, 0.6) is 0 Å². The standard InChI is InChI=1S/C14H20N/c1-5-12(4)13-8-10-14(11-9-13)15(6-2)7-3/h4,8-11H,5-7H2,1-3H3. The highest BCUT2D eigenvalue weighted by Crippen LogP contribution is 2.20. The van der Waals surface area contributed by atoms with Crippen LogP contribution in [0.3, 0.4) is 0 Å². The Morgan fingerprint density at radius 3 is 2.00 bits per heavy atom. The molecule has 0 aromatic heterocycles. The maximum Gasteiger partial charge on any atom is 0.0366 e. The average molecular weight is 202 g/mol. The molecule has 0 N–H and O–H groups in total. The zero-order chi connectivity index (χ0) is 11.3.